The van der Waals surface area contributed by atoms with Crippen molar-refractivity contribution in [3.63, 3.8) is 0 Å². The van der Waals surface area contributed by atoms with Crippen LogP contribution in [0.1, 0.15) is 12.8 Å². The van der Waals surface area contributed by atoms with Gasteiger partial charge in [0.05, 0.1) is 0 Å². The minimum absolute atomic E-state index is 0.532. The highest BCUT2D eigenvalue weighted by Crippen LogP contribution is 2.28. The SMILES string of the molecule is CN(C)c1cccc(Nc2nc3ncnc(NC4CC4)c3[nH]2)c1. The van der Waals surface area contributed by atoms with Crippen LogP contribution in [0.15, 0.2) is 30.6 Å². The molecule has 7 heteroatoms. The van der Waals surface area contributed by atoms with Crippen LogP contribution in [-0.2, 0) is 0 Å². The van der Waals surface area contributed by atoms with Crippen molar-refractivity contribution < 1.29 is 0 Å². The molecule has 4 rings (SSSR count). The van der Waals surface area contributed by atoms with Crippen LogP contribution in [0, 0.1) is 0 Å². The third-order valence-corrected chi connectivity index (χ3v) is 3.83. The zero-order valence-corrected chi connectivity index (χ0v) is 13.2. The Morgan fingerprint density at radius 2 is 2.09 bits per heavy atom. The topological polar surface area (TPSA) is 81.8 Å². The number of aromatic amines is 1. The Kier molecular flexibility index (Phi) is 3.25. The Balaban J connectivity index is 1.63. The number of hydrogen-bond acceptors (Lipinski definition) is 6. The summed E-state index contributed by atoms with van der Waals surface area (Å²) in [6, 6.07) is 8.69. The first-order valence-electron chi connectivity index (χ1n) is 7.71. The molecule has 3 N–H and O–H groups in total. The number of imidazole rings is 1. The standard InChI is InChI=1S/C16H19N7/c1-23(2)12-5-3-4-11(8-12)20-16-21-13-14(19-10-6-7-10)17-9-18-15(13)22-16/h3-5,8-10H,6-7H2,1-2H3,(H3,17,18,19,20,21,22). The van der Waals surface area contributed by atoms with E-state index in [2.05, 4.69) is 47.6 Å². The number of H-pyrrole nitrogens is 1. The van der Waals surface area contributed by atoms with E-state index in [1.165, 1.54) is 12.8 Å². The number of rotatable bonds is 5. The van der Waals surface area contributed by atoms with Crippen molar-refractivity contribution >= 4 is 34.3 Å². The van der Waals surface area contributed by atoms with Gasteiger partial charge in [0.2, 0.25) is 5.95 Å². The predicted molar refractivity (Wildman–Crippen MR) is 92.4 cm³/mol. The summed E-state index contributed by atoms with van der Waals surface area (Å²) < 4.78 is 0. The number of hydrogen-bond donors (Lipinski definition) is 3. The molecule has 1 aliphatic rings. The van der Waals surface area contributed by atoms with Crippen LogP contribution in [-0.4, -0.2) is 40.1 Å². The lowest BCUT2D eigenvalue weighted by Gasteiger charge is -2.13. The van der Waals surface area contributed by atoms with Crippen molar-refractivity contribution in [2.24, 2.45) is 0 Å². The molecule has 1 saturated carbocycles. The van der Waals surface area contributed by atoms with Gasteiger partial charge in [0.1, 0.15) is 11.8 Å². The molecule has 23 heavy (non-hydrogen) atoms. The number of aromatic nitrogens is 4. The summed E-state index contributed by atoms with van der Waals surface area (Å²) in [5.74, 6) is 1.48. The first-order chi connectivity index (χ1) is 11.2. The molecule has 118 valence electrons. The summed E-state index contributed by atoms with van der Waals surface area (Å²) in [5.41, 5.74) is 3.60. The molecule has 0 bridgehead atoms. The van der Waals surface area contributed by atoms with E-state index in [0.717, 1.165) is 22.7 Å². The van der Waals surface area contributed by atoms with Gasteiger partial charge in [0.15, 0.2) is 11.5 Å². The number of nitrogens with zero attached hydrogens (tertiary/aromatic N) is 4. The second-order valence-electron chi connectivity index (χ2n) is 5.99. The maximum Gasteiger partial charge on any atom is 0.207 e. The average molecular weight is 309 g/mol. The first-order valence-corrected chi connectivity index (χ1v) is 7.71. The van der Waals surface area contributed by atoms with Gasteiger partial charge in [-0.3, -0.25) is 0 Å². The van der Waals surface area contributed by atoms with Crippen LogP contribution >= 0.6 is 0 Å². The van der Waals surface area contributed by atoms with Crippen molar-refractivity contribution in [1.82, 2.24) is 19.9 Å². The van der Waals surface area contributed by atoms with E-state index >= 15 is 0 Å². The first kappa shape index (κ1) is 13.8. The van der Waals surface area contributed by atoms with Crippen LogP contribution in [0.5, 0.6) is 0 Å². The molecule has 0 amide bonds. The second-order valence-corrected chi connectivity index (χ2v) is 5.99. The molecule has 7 nitrogen and oxygen atoms in total. The van der Waals surface area contributed by atoms with Gasteiger partial charge in [-0.25, -0.2) is 9.97 Å². The summed E-state index contributed by atoms with van der Waals surface area (Å²) in [6.45, 7) is 0. The summed E-state index contributed by atoms with van der Waals surface area (Å²) >= 11 is 0. The smallest absolute Gasteiger partial charge is 0.207 e. The van der Waals surface area contributed by atoms with Crippen LogP contribution in [0.25, 0.3) is 11.2 Å². The van der Waals surface area contributed by atoms with E-state index < -0.39 is 0 Å². The van der Waals surface area contributed by atoms with E-state index in [4.69, 9.17) is 0 Å². The molecule has 1 aliphatic carbocycles. The maximum atomic E-state index is 4.50. The number of anilines is 4. The Hall–Kier alpha value is -2.83. The fraction of sp³-hybridized carbons (Fsp3) is 0.312. The van der Waals surface area contributed by atoms with E-state index in [1.54, 1.807) is 6.33 Å². The highest BCUT2D eigenvalue weighted by Gasteiger charge is 2.23. The Labute approximate surface area is 134 Å². The van der Waals surface area contributed by atoms with Gasteiger partial charge in [-0.15, -0.1) is 0 Å². The Bertz CT molecular complexity index is 835. The lowest BCUT2D eigenvalue weighted by atomic mass is 10.2. The highest BCUT2D eigenvalue weighted by molar-refractivity contribution is 5.85. The van der Waals surface area contributed by atoms with E-state index in [0.29, 0.717) is 17.6 Å². The molecule has 1 fully saturated rings. The minimum atomic E-state index is 0.532. The van der Waals surface area contributed by atoms with Crippen LogP contribution in [0.2, 0.25) is 0 Å². The summed E-state index contributed by atoms with van der Waals surface area (Å²) in [6.07, 6.45) is 3.94. The van der Waals surface area contributed by atoms with Gasteiger partial charge in [0.25, 0.3) is 0 Å². The van der Waals surface area contributed by atoms with E-state index in [-0.39, 0.29) is 0 Å². The number of nitrogens with one attached hydrogen (secondary N) is 3. The van der Waals surface area contributed by atoms with Crippen molar-refractivity contribution in [2.75, 3.05) is 29.6 Å². The molecule has 2 heterocycles. The Morgan fingerprint density at radius 1 is 1.22 bits per heavy atom. The zero-order valence-electron chi connectivity index (χ0n) is 13.2. The third kappa shape index (κ3) is 2.90. The zero-order chi connectivity index (χ0) is 15.8. The molecule has 0 atom stereocenters. The third-order valence-electron chi connectivity index (χ3n) is 3.83. The Morgan fingerprint density at radius 3 is 2.87 bits per heavy atom. The fourth-order valence-electron chi connectivity index (χ4n) is 2.42. The molecule has 1 aromatic carbocycles. The molecule has 0 radical (unpaired) electrons. The summed E-state index contributed by atoms with van der Waals surface area (Å²) in [7, 11) is 4.04. The van der Waals surface area contributed by atoms with Gasteiger partial charge in [-0.2, -0.15) is 4.98 Å². The van der Waals surface area contributed by atoms with Crippen molar-refractivity contribution in [2.45, 2.75) is 18.9 Å². The second kappa shape index (κ2) is 5.42. The molecule has 0 spiro atoms. The van der Waals surface area contributed by atoms with E-state index in [1.807, 2.05) is 26.2 Å². The monoisotopic (exact) mass is 309 g/mol. The van der Waals surface area contributed by atoms with Crippen LogP contribution in [0.3, 0.4) is 0 Å². The minimum Gasteiger partial charge on any atom is -0.378 e. The summed E-state index contributed by atoms with van der Waals surface area (Å²) in [4.78, 5) is 18.4. The van der Waals surface area contributed by atoms with Crippen molar-refractivity contribution in [1.29, 1.82) is 0 Å². The number of fused-ring (bicyclic) bond motifs is 1. The van der Waals surface area contributed by atoms with E-state index in [9.17, 15) is 0 Å². The number of benzene rings is 1. The largest absolute Gasteiger partial charge is 0.378 e. The van der Waals surface area contributed by atoms with Gasteiger partial charge in [0, 0.05) is 31.5 Å². The quantitative estimate of drug-likeness (QED) is 0.672. The summed E-state index contributed by atoms with van der Waals surface area (Å²) in [5, 5.41) is 6.70. The molecule has 0 unspecified atom stereocenters. The van der Waals surface area contributed by atoms with Crippen LogP contribution < -0.4 is 15.5 Å². The van der Waals surface area contributed by atoms with Crippen LogP contribution in [0.4, 0.5) is 23.1 Å². The molecule has 0 aliphatic heterocycles. The maximum absolute atomic E-state index is 4.50. The molecular weight excluding hydrogens is 290 g/mol. The average Bonchev–Trinajstić information content (AvgIpc) is 3.25. The van der Waals surface area contributed by atoms with Crippen molar-refractivity contribution in [3.05, 3.63) is 30.6 Å². The van der Waals surface area contributed by atoms with Gasteiger partial charge < -0.3 is 20.5 Å². The highest BCUT2D eigenvalue weighted by atomic mass is 15.2. The van der Waals surface area contributed by atoms with Gasteiger partial charge in [-0.1, -0.05) is 6.07 Å². The normalized spacial score (nSPS) is 14.0. The van der Waals surface area contributed by atoms with Gasteiger partial charge in [-0.05, 0) is 31.0 Å². The van der Waals surface area contributed by atoms with Gasteiger partial charge >= 0.3 is 0 Å². The molecule has 2 aromatic heterocycles. The molecule has 3 aromatic rings. The predicted octanol–water partition coefficient (Wildman–Crippen LogP) is 2.74. The lowest BCUT2D eigenvalue weighted by molar-refractivity contribution is 1.10. The fourth-order valence-corrected chi connectivity index (χ4v) is 2.42. The molecule has 0 saturated heterocycles. The molecular formula is C16H19N7. The van der Waals surface area contributed by atoms with Crippen molar-refractivity contribution in [3.8, 4) is 0 Å². The lowest BCUT2D eigenvalue weighted by Crippen LogP contribution is -2.08.